The van der Waals surface area contributed by atoms with Gasteiger partial charge in [-0.3, -0.25) is 28.9 Å². The highest BCUT2D eigenvalue weighted by atomic mass is 32.2. The van der Waals surface area contributed by atoms with Gasteiger partial charge >= 0.3 is 0 Å². The predicted octanol–water partition coefficient (Wildman–Crippen LogP) is 3.33. The maximum absolute atomic E-state index is 13.6. The Morgan fingerprint density at radius 1 is 1.00 bits per heavy atom. The molecule has 1 atom stereocenters. The first kappa shape index (κ1) is 32.7. The molecule has 12 nitrogen and oxygen atoms in total. The van der Waals surface area contributed by atoms with E-state index in [1.54, 1.807) is 67.8 Å². The fourth-order valence-corrected chi connectivity index (χ4v) is 6.32. The Morgan fingerprint density at radius 3 is 2.54 bits per heavy atom. The van der Waals surface area contributed by atoms with Crippen molar-refractivity contribution in [2.45, 2.75) is 18.2 Å². The average Bonchev–Trinajstić information content (AvgIpc) is 3.39. The minimum absolute atomic E-state index is 0.119. The smallest absolute Gasteiger partial charge is 0.286 e. The number of morpholine rings is 1. The first-order chi connectivity index (χ1) is 22.1. The molecule has 3 heterocycles. The maximum Gasteiger partial charge on any atom is 0.286 e. The van der Waals surface area contributed by atoms with Gasteiger partial charge < -0.3 is 15.4 Å². The molecule has 2 N–H and O–H groups in total. The van der Waals surface area contributed by atoms with Crippen LogP contribution in [-0.2, 0) is 32.7 Å². The first-order valence-electron chi connectivity index (χ1n) is 14.9. The number of pyridine rings is 1. The van der Waals surface area contributed by atoms with Crippen LogP contribution < -0.4 is 10.6 Å². The SMILES string of the molecule is Cc1cc(C(=O)Nc2cccc(-c3cncc(C(=O)N=S(C)(=O)c4cccc(CC(=O)NCCN5CCOCC5)c4)c3)c2)n(C)n1. The summed E-state index contributed by atoms with van der Waals surface area (Å²) in [5, 5.41) is 10.0. The average molecular weight is 644 g/mol. The van der Waals surface area contributed by atoms with Gasteiger partial charge in [0.05, 0.1) is 40.6 Å². The summed E-state index contributed by atoms with van der Waals surface area (Å²) in [6.07, 6.45) is 4.49. The van der Waals surface area contributed by atoms with Gasteiger partial charge in [0.25, 0.3) is 11.8 Å². The van der Waals surface area contributed by atoms with Gasteiger partial charge in [0, 0.05) is 68.0 Å². The maximum atomic E-state index is 13.6. The van der Waals surface area contributed by atoms with E-state index in [1.807, 2.05) is 13.0 Å². The topological polar surface area (TPSA) is 148 Å². The van der Waals surface area contributed by atoms with Crippen molar-refractivity contribution in [1.29, 1.82) is 0 Å². The number of hydrogen-bond donors (Lipinski definition) is 2. The minimum atomic E-state index is -3.13. The Bertz CT molecular complexity index is 1870. The van der Waals surface area contributed by atoms with Crippen LogP contribution in [0.15, 0.2) is 82.3 Å². The second-order valence-corrected chi connectivity index (χ2v) is 13.4. The number of benzene rings is 2. The van der Waals surface area contributed by atoms with Crippen LogP contribution in [0.4, 0.5) is 5.69 Å². The molecule has 0 saturated carbocycles. The van der Waals surface area contributed by atoms with Gasteiger partial charge in [0.15, 0.2) is 0 Å². The molecule has 13 heteroatoms. The summed E-state index contributed by atoms with van der Waals surface area (Å²) in [4.78, 5) is 45.3. The second kappa shape index (κ2) is 14.6. The Balaban J connectivity index is 1.25. The number of aryl methyl sites for hydroxylation is 2. The Kier molecular flexibility index (Phi) is 10.4. The van der Waals surface area contributed by atoms with Crippen LogP contribution in [0.1, 0.15) is 32.1 Å². The fourth-order valence-electron chi connectivity index (χ4n) is 5.09. The van der Waals surface area contributed by atoms with Crippen LogP contribution in [0, 0.1) is 6.92 Å². The van der Waals surface area contributed by atoms with Crippen molar-refractivity contribution < 1.29 is 23.3 Å². The molecule has 1 aliphatic heterocycles. The van der Waals surface area contributed by atoms with Crippen molar-refractivity contribution in [1.82, 2.24) is 25.0 Å². The molecule has 0 spiro atoms. The number of rotatable bonds is 10. The summed E-state index contributed by atoms with van der Waals surface area (Å²) in [7, 11) is -1.43. The van der Waals surface area contributed by atoms with Crippen molar-refractivity contribution >= 4 is 33.1 Å². The van der Waals surface area contributed by atoms with Gasteiger partial charge in [-0.1, -0.05) is 24.3 Å². The van der Waals surface area contributed by atoms with E-state index in [0.29, 0.717) is 52.7 Å². The van der Waals surface area contributed by atoms with E-state index in [1.165, 1.54) is 17.1 Å². The molecular weight excluding hydrogens is 606 g/mol. The first-order valence-corrected chi connectivity index (χ1v) is 16.8. The third-order valence-electron chi connectivity index (χ3n) is 7.49. The summed E-state index contributed by atoms with van der Waals surface area (Å²) in [6, 6.07) is 17.3. The van der Waals surface area contributed by atoms with Crippen molar-refractivity contribution in [2.24, 2.45) is 11.4 Å². The highest BCUT2D eigenvalue weighted by Crippen LogP contribution is 2.24. The van der Waals surface area contributed by atoms with Crippen LogP contribution in [0.2, 0.25) is 0 Å². The lowest BCUT2D eigenvalue weighted by molar-refractivity contribution is -0.120. The van der Waals surface area contributed by atoms with E-state index < -0.39 is 15.6 Å². The van der Waals surface area contributed by atoms with Crippen molar-refractivity contribution in [2.75, 3.05) is 51.0 Å². The van der Waals surface area contributed by atoms with E-state index in [-0.39, 0.29) is 23.8 Å². The number of nitrogens with zero attached hydrogens (tertiary/aromatic N) is 5. The third kappa shape index (κ3) is 8.50. The van der Waals surface area contributed by atoms with Gasteiger partial charge in [-0.15, -0.1) is 0 Å². The van der Waals surface area contributed by atoms with Crippen LogP contribution in [-0.4, -0.2) is 87.2 Å². The van der Waals surface area contributed by atoms with Crippen molar-refractivity contribution in [3.8, 4) is 11.1 Å². The summed E-state index contributed by atoms with van der Waals surface area (Å²) in [5.41, 5.74) is 3.91. The molecule has 1 unspecified atom stereocenters. The van der Waals surface area contributed by atoms with Crippen LogP contribution in [0.5, 0.6) is 0 Å². The molecule has 240 valence electrons. The summed E-state index contributed by atoms with van der Waals surface area (Å²) in [6.45, 7) is 6.21. The zero-order valence-electron chi connectivity index (χ0n) is 26.1. The van der Waals surface area contributed by atoms with Gasteiger partial charge in [0.2, 0.25) is 5.91 Å². The zero-order chi connectivity index (χ0) is 32.7. The second-order valence-electron chi connectivity index (χ2n) is 11.1. The van der Waals surface area contributed by atoms with Gasteiger partial charge in [-0.05, 0) is 54.4 Å². The molecule has 5 rings (SSSR count). The molecule has 2 aromatic carbocycles. The number of nitrogens with one attached hydrogen (secondary N) is 2. The molecule has 46 heavy (non-hydrogen) atoms. The Morgan fingerprint density at radius 2 is 1.78 bits per heavy atom. The largest absolute Gasteiger partial charge is 0.379 e. The molecule has 4 aromatic rings. The fraction of sp³-hybridized carbons (Fsp3) is 0.303. The van der Waals surface area contributed by atoms with Crippen LogP contribution in [0.3, 0.4) is 0 Å². The monoisotopic (exact) mass is 643 g/mol. The lowest BCUT2D eigenvalue weighted by atomic mass is 10.1. The molecule has 1 aliphatic rings. The van der Waals surface area contributed by atoms with Crippen LogP contribution in [0.25, 0.3) is 11.1 Å². The van der Waals surface area contributed by atoms with E-state index in [4.69, 9.17) is 4.74 Å². The lowest BCUT2D eigenvalue weighted by Crippen LogP contribution is -2.41. The Labute approximate surface area is 268 Å². The summed E-state index contributed by atoms with van der Waals surface area (Å²) in [5.74, 6) is -1.11. The molecule has 3 amide bonds. The number of amides is 3. The van der Waals surface area contributed by atoms with Crippen molar-refractivity contribution in [3.63, 3.8) is 0 Å². The summed E-state index contributed by atoms with van der Waals surface area (Å²) < 4.78 is 24.6. The Hall–Kier alpha value is -4.72. The van der Waals surface area contributed by atoms with E-state index in [9.17, 15) is 18.6 Å². The third-order valence-corrected chi connectivity index (χ3v) is 9.13. The van der Waals surface area contributed by atoms with E-state index in [0.717, 1.165) is 25.3 Å². The van der Waals surface area contributed by atoms with Crippen molar-refractivity contribution in [3.05, 3.63) is 95.6 Å². The number of ether oxygens (including phenoxy) is 1. The minimum Gasteiger partial charge on any atom is -0.379 e. The molecule has 0 radical (unpaired) electrons. The highest BCUT2D eigenvalue weighted by molar-refractivity contribution is 7.93. The quantitative estimate of drug-likeness (QED) is 0.268. The van der Waals surface area contributed by atoms with Gasteiger partial charge in [-0.25, -0.2) is 4.21 Å². The van der Waals surface area contributed by atoms with Gasteiger partial charge in [-0.2, -0.15) is 9.46 Å². The van der Waals surface area contributed by atoms with Gasteiger partial charge in [0.1, 0.15) is 5.69 Å². The standard InChI is InChI=1S/C33H37N7O5S/c1-23-16-30(39(2)37-23)33(43)36-28-8-5-7-25(20-28)26-19-27(22-34-21-26)32(42)38-46(3,44)29-9-4-6-24(17-29)18-31(41)35-10-11-40-12-14-45-15-13-40/h4-9,16-17,19-22H,10-15,18H2,1-3H3,(H,35,41)(H,36,43). The molecule has 1 fully saturated rings. The normalized spacial score (nSPS) is 14.7. The molecule has 0 bridgehead atoms. The number of aromatic nitrogens is 3. The van der Waals surface area contributed by atoms with E-state index in [2.05, 4.69) is 30.0 Å². The highest BCUT2D eigenvalue weighted by Gasteiger charge is 2.16. The summed E-state index contributed by atoms with van der Waals surface area (Å²) >= 11 is 0. The number of carbonyl (C=O) groups excluding carboxylic acids is 3. The number of anilines is 1. The lowest BCUT2D eigenvalue weighted by Gasteiger charge is -2.26. The predicted molar refractivity (Wildman–Crippen MR) is 175 cm³/mol. The molecule has 0 aliphatic carbocycles. The van der Waals surface area contributed by atoms with E-state index >= 15 is 0 Å². The molecule has 2 aromatic heterocycles. The molecular formula is C33H37N7O5S. The molecule has 1 saturated heterocycles. The number of carbonyl (C=O) groups is 3. The number of hydrogen-bond acceptors (Lipinski definition) is 8. The van der Waals surface area contributed by atoms with Crippen LogP contribution >= 0.6 is 0 Å². The zero-order valence-corrected chi connectivity index (χ0v) is 26.9.